The summed E-state index contributed by atoms with van der Waals surface area (Å²) in [5, 5.41) is 11.1. The molecule has 3 amide bonds. The maximum absolute atomic E-state index is 12.6. The molecule has 0 bridgehead atoms. The van der Waals surface area contributed by atoms with Crippen LogP contribution >= 0.6 is 0 Å². The first kappa shape index (κ1) is 15.9. The molecule has 0 spiro atoms. The van der Waals surface area contributed by atoms with Crippen molar-refractivity contribution in [2.75, 3.05) is 13.1 Å². The van der Waals surface area contributed by atoms with Gasteiger partial charge in [0.1, 0.15) is 5.56 Å². The number of nitrogens with zero attached hydrogens (tertiary/aromatic N) is 3. The van der Waals surface area contributed by atoms with E-state index in [2.05, 4.69) is 0 Å². The molecule has 0 N–H and O–H groups in total. The molecule has 0 atom stereocenters. The van der Waals surface area contributed by atoms with Crippen LogP contribution in [0.15, 0.2) is 48.5 Å². The quantitative estimate of drug-likeness (QED) is 0.476. The number of hydrogen-bond donors (Lipinski definition) is 0. The second-order valence-electron chi connectivity index (χ2n) is 6.17. The normalized spacial score (nSPS) is 16.5. The Labute approximate surface area is 147 Å². The van der Waals surface area contributed by atoms with Crippen molar-refractivity contribution >= 4 is 23.4 Å². The summed E-state index contributed by atoms with van der Waals surface area (Å²) in [5.41, 5.74) is 0.0243. The fourth-order valence-corrected chi connectivity index (χ4v) is 3.32. The van der Waals surface area contributed by atoms with Crippen LogP contribution in [0.2, 0.25) is 0 Å². The first-order valence-electron chi connectivity index (χ1n) is 7.98. The first-order valence-corrected chi connectivity index (χ1v) is 7.98. The molecule has 130 valence electrons. The standard InChI is InChI=1S/C18H13N3O5/c22-16(11-5-2-1-3-6-11)19-9-12(10-19)20-17(23)13-7-4-8-14(21(25)26)15(13)18(20)24/h1-8,12H,9-10H2. The molecular weight excluding hydrogens is 338 g/mol. The Morgan fingerprint density at radius 2 is 1.69 bits per heavy atom. The summed E-state index contributed by atoms with van der Waals surface area (Å²) in [7, 11) is 0. The van der Waals surface area contributed by atoms with Crippen molar-refractivity contribution in [2.24, 2.45) is 0 Å². The van der Waals surface area contributed by atoms with Crippen molar-refractivity contribution < 1.29 is 19.3 Å². The number of benzene rings is 2. The van der Waals surface area contributed by atoms with Gasteiger partial charge in [-0.3, -0.25) is 29.4 Å². The van der Waals surface area contributed by atoms with Crippen molar-refractivity contribution in [3.63, 3.8) is 0 Å². The van der Waals surface area contributed by atoms with Crippen LogP contribution in [0.4, 0.5) is 5.69 Å². The maximum atomic E-state index is 12.6. The number of amides is 3. The molecule has 0 unspecified atom stereocenters. The van der Waals surface area contributed by atoms with E-state index in [-0.39, 0.29) is 35.8 Å². The Balaban J connectivity index is 1.54. The summed E-state index contributed by atoms with van der Waals surface area (Å²) in [4.78, 5) is 50.6. The predicted molar refractivity (Wildman–Crippen MR) is 89.7 cm³/mol. The number of hydrogen-bond acceptors (Lipinski definition) is 5. The van der Waals surface area contributed by atoms with Crippen molar-refractivity contribution in [1.82, 2.24) is 9.80 Å². The van der Waals surface area contributed by atoms with Gasteiger partial charge in [-0.2, -0.15) is 0 Å². The molecule has 1 saturated heterocycles. The number of rotatable bonds is 3. The van der Waals surface area contributed by atoms with Crippen LogP contribution in [0.5, 0.6) is 0 Å². The molecule has 8 heteroatoms. The maximum Gasteiger partial charge on any atom is 0.282 e. The van der Waals surface area contributed by atoms with E-state index < -0.39 is 22.8 Å². The van der Waals surface area contributed by atoms with Crippen molar-refractivity contribution in [3.8, 4) is 0 Å². The Morgan fingerprint density at radius 1 is 1.00 bits per heavy atom. The smallest absolute Gasteiger partial charge is 0.282 e. The SMILES string of the molecule is O=C(c1ccccc1)N1CC(N2C(=O)c3cccc([N+](=O)[O-])c3C2=O)C1. The van der Waals surface area contributed by atoms with Crippen LogP contribution in [-0.4, -0.2) is 51.6 Å². The summed E-state index contributed by atoms with van der Waals surface area (Å²) in [5.74, 6) is -1.40. The lowest BCUT2D eigenvalue weighted by atomic mass is 10.0. The van der Waals surface area contributed by atoms with E-state index in [0.717, 1.165) is 4.90 Å². The number of carbonyl (C=O) groups excluding carboxylic acids is 3. The zero-order valence-electron chi connectivity index (χ0n) is 13.5. The highest BCUT2D eigenvalue weighted by atomic mass is 16.6. The van der Waals surface area contributed by atoms with E-state index in [1.165, 1.54) is 23.1 Å². The predicted octanol–water partition coefficient (Wildman–Crippen LogP) is 1.72. The second-order valence-corrected chi connectivity index (χ2v) is 6.17. The Hall–Kier alpha value is -3.55. The Kier molecular flexibility index (Phi) is 3.54. The average molecular weight is 351 g/mol. The lowest BCUT2D eigenvalue weighted by Gasteiger charge is -2.42. The van der Waals surface area contributed by atoms with Gasteiger partial charge >= 0.3 is 0 Å². The van der Waals surface area contributed by atoms with E-state index in [9.17, 15) is 24.5 Å². The van der Waals surface area contributed by atoms with Crippen LogP contribution < -0.4 is 0 Å². The molecule has 0 saturated carbocycles. The molecule has 0 radical (unpaired) electrons. The van der Waals surface area contributed by atoms with E-state index in [4.69, 9.17) is 0 Å². The molecule has 26 heavy (non-hydrogen) atoms. The van der Waals surface area contributed by atoms with Gasteiger partial charge in [-0.1, -0.05) is 24.3 Å². The van der Waals surface area contributed by atoms with Gasteiger partial charge in [-0.25, -0.2) is 0 Å². The van der Waals surface area contributed by atoms with E-state index in [0.29, 0.717) is 5.56 Å². The largest absolute Gasteiger partial charge is 0.334 e. The third kappa shape index (κ3) is 2.26. The van der Waals surface area contributed by atoms with Crippen LogP contribution in [-0.2, 0) is 0 Å². The van der Waals surface area contributed by atoms with Gasteiger partial charge in [0.25, 0.3) is 23.4 Å². The third-order valence-corrected chi connectivity index (χ3v) is 4.66. The fraction of sp³-hybridized carbons (Fsp3) is 0.167. The molecular formula is C18H13N3O5. The monoisotopic (exact) mass is 351 g/mol. The van der Waals surface area contributed by atoms with Crippen molar-refractivity contribution in [3.05, 3.63) is 75.3 Å². The highest BCUT2D eigenvalue weighted by Gasteiger charge is 2.48. The lowest BCUT2D eigenvalue weighted by molar-refractivity contribution is -0.385. The summed E-state index contributed by atoms with van der Waals surface area (Å²) in [6.07, 6.45) is 0. The summed E-state index contributed by atoms with van der Waals surface area (Å²) in [6.45, 7) is 0.431. The molecule has 0 aromatic heterocycles. The Bertz CT molecular complexity index is 951. The third-order valence-electron chi connectivity index (χ3n) is 4.66. The van der Waals surface area contributed by atoms with Gasteiger partial charge in [0.05, 0.1) is 16.5 Å². The number of nitro benzene ring substituents is 1. The van der Waals surface area contributed by atoms with Gasteiger partial charge in [0.2, 0.25) is 0 Å². The van der Waals surface area contributed by atoms with Gasteiger partial charge in [-0.15, -0.1) is 0 Å². The highest BCUT2D eigenvalue weighted by molar-refractivity contribution is 6.23. The van der Waals surface area contributed by atoms with Gasteiger partial charge < -0.3 is 4.90 Å². The van der Waals surface area contributed by atoms with Gasteiger partial charge in [0.15, 0.2) is 0 Å². The summed E-state index contributed by atoms with van der Waals surface area (Å²) < 4.78 is 0. The molecule has 4 rings (SSSR count). The molecule has 2 aromatic carbocycles. The molecule has 2 aromatic rings. The highest BCUT2D eigenvalue weighted by Crippen LogP contribution is 2.33. The lowest BCUT2D eigenvalue weighted by Crippen LogP contribution is -2.62. The fourth-order valence-electron chi connectivity index (χ4n) is 3.32. The minimum atomic E-state index is -0.672. The molecule has 2 aliphatic heterocycles. The van der Waals surface area contributed by atoms with Crippen LogP contribution in [0, 0.1) is 10.1 Å². The number of fused-ring (bicyclic) bond motifs is 1. The van der Waals surface area contributed by atoms with Crippen LogP contribution in [0.25, 0.3) is 0 Å². The molecule has 2 aliphatic rings. The van der Waals surface area contributed by atoms with E-state index >= 15 is 0 Å². The van der Waals surface area contributed by atoms with Gasteiger partial charge in [0, 0.05) is 24.7 Å². The van der Waals surface area contributed by atoms with Gasteiger partial charge in [-0.05, 0) is 18.2 Å². The molecule has 8 nitrogen and oxygen atoms in total. The molecule has 1 fully saturated rings. The topological polar surface area (TPSA) is 101 Å². The average Bonchev–Trinajstić information content (AvgIpc) is 2.86. The van der Waals surface area contributed by atoms with Crippen molar-refractivity contribution in [1.29, 1.82) is 0 Å². The second kappa shape index (κ2) is 5.76. The summed E-state index contributed by atoms with van der Waals surface area (Å²) >= 11 is 0. The first-order chi connectivity index (χ1) is 12.5. The zero-order valence-corrected chi connectivity index (χ0v) is 13.5. The van der Waals surface area contributed by atoms with Crippen LogP contribution in [0.3, 0.4) is 0 Å². The molecule has 0 aliphatic carbocycles. The van der Waals surface area contributed by atoms with E-state index in [1.807, 2.05) is 0 Å². The van der Waals surface area contributed by atoms with E-state index in [1.54, 1.807) is 30.3 Å². The number of nitro groups is 1. The molecule has 2 heterocycles. The minimum Gasteiger partial charge on any atom is -0.334 e. The minimum absolute atomic E-state index is 0.0389. The van der Waals surface area contributed by atoms with Crippen LogP contribution in [0.1, 0.15) is 31.1 Å². The van der Waals surface area contributed by atoms with Crippen molar-refractivity contribution in [2.45, 2.75) is 6.04 Å². The number of imide groups is 1. The Morgan fingerprint density at radius 3 is 2.35 bits per heavy atom. The summed E-state index contributed by atoms with van der Waals surface area (Å²) in [6, 6.07) is 12.2. The number of likely N-dealkylation sites (tertiary alicyclic amines) is 1. The number of carbonyl (C=O) groups is 3. The zero-order chi connectivity index (χ0) is 18.4.